The van der Waals surface area contributed by atoms with Crippen molar-refractivity contribution in [1.29, 1.82) is 0 Å². The van der Waals surface area contributed by atoms with Crippen molar-refractivity contribution in [3.63, 3.8) is 0 Å². The smallest absolute Gasteiger partial charge is 0.241 e. The van der Waals surface area contributed by atoms with E-state index in [1.807, 2.05) is 47.6 Å². The lowest BCUT2D eigenvalue weighted by atomic mass is 9.95. The highest BCUT2D eigenvalue weighted by atomic mass is 32.2. The predicted molar refractivity (Wildman–Crippen MR) is 92.3 cm³/mol. The van der Waals surface area contributed by atoms with E-state index < -0.39 is 10.0 Å². The van der Waals surface area contributed by atoms with Crippen LogP contribution in [0.3, 0.4) is 0 Å². The topological polar surface area (TPSA) is 59.3 Å². The second-order valence-corrected chi connectivity index (χ2v) is 7.96. The molecule has 5 heteroatoms. The zero-order valence-electron chi connectivity index (χ0n) is 14.6. The quantitative estimate of drug-likeness (QED) is 0.905. The number of rotatable bonds is 5. The normalized spacial score (nSPS) is 13.3. The fourth-order valence-corrected chi connectivity index (χ4v) is 4.84. The standard InChI is InChI=1S/C18H25NO3S/c1-11(9-17-7-8-22-10-17)19-23(20,21)18-15(5)13(3)12(2)14(4)16(18)6/h7-8,10-11,19H,9H2,1-6H3. The van der Waals surface area contributed by atoms with Gasteiger partial charge in [0.2, 0.25) is 10.0 Å². The number of sulfonamides is 1. The van der Waals surface area contributed by atoms with E-state index in [0.717, 1.165) is 33.4 Å². The van der Waals surface area contributed by atoms with Crippen LogP contribution in [-0.4, -0.2) is 14.5 Å². The molecule has 1 unspecified atom stereocenters. The van der Waals surface area contributed by atoms with E-state index in [4.69, 9.17) is 4.42 Å². The van der Waals surface area contributed by atoms with Crippen LogP contribution in [0.2, 0.25) is 0 Å². The van der Waals surface area contributed by atoms with E-state index >= 15 is 0 Å². The van der Waals surface area contributed by atoms with Crippen molar-refractivity contribution in [2.45, 2.75) is 58.9 Å². The van der Waals surface area contributed by atoms with Gasteiger partial charge in [0.05, 0.1) is 17.4 Å². The maximum Gasteiger partial charge on any atom is 0.241 e. The predicted octanol–water partition coefficient (Wildman–Crippen LogP) is 3.73. The molecule has 4 nitrogen and oxygen atoms in total. The molecule has 126 valence electrons. The van der Waals surface area contributed by atoms with Crippen molar-refractivity contribution in [3.8, 4) is 0 Å². The molecular weight excluding hydrogens is 310 g/mol. The second-order valence-electron chi connectivity index (χ2n) is 6.31. The SMILES string of the molecule is Cc1c(C)c(C)c(S(=O)(=O)NC(C)Cc2ccoc2)c(C)c1C. The van der Waals surface area contributed by atoms with E-state index in [1.54, 1.807) is 12.5 Å². The van der Waals surface area contributed by atoms with Gasteiger partial charge in [0.15, 0.2) is 0 Å². The first-order valence-corrected chi connectivity index (χ1v) is 9.23. The van der Waals surface area contributed by atoms with Crippen LogP contribution in [0.4, 0.5) is 0 Å². The third-order valence-corrected chi connectivity index (χ3v) is 6.54. The highest BCUT2D eigenvalue weighted by Gasteiger charge is 2.25. The van der Waals surface area contributed by atoms with E-state index in [-0.39, 0.29) is 6.04 Å². The van der Waals surface area contributed by atoms with E-state index in [2.05, 4.69) is 4.72 Å². The zero-order valence-corrected chi connectivity index (χ0v) is 15.5. The van der Waals surface area contributed by atoms with Gasteiger partial charge in [-0.2, -0.15) is 0 Å². The number of hydrogen-bond acceptors (Lipinski definition) is 3. The van der Waals surface area contributed by atoms with Crippen LogP contribution in [0.25, 0.3) is 0 Å². The maximum atomic E-state index is 12.9. The van der Waals surface area contributed by atoms with Crippen LogP contribution in [0, 0.1) is 34.6 Å². The Morgan fingerprint density at radius 3 is 2.00 bits per heavy atom. The summed E-state index contributed by atoms with van der Waals surface area (Å²) in [4.78, 5) is 0.414. The van der Waals surface area contributed by atoms with Crippen molar-refractivity contribution < 1.29 is 12.8 Å². The summed E-state index contributed by atoms with van der Waals surface area (Å²) >= 11 is 0. The van der Waals surface area contributed by atoms with Gasteiger partial charge in [0, 0.05) is 6.04 Å². The Kier molecular flexibility index (Phi) is 5.01. The zero-order chi connectivity index (χ0) is 17.4. The molecule has 1 heterocycles. The fraction of sp³-hybridized carbons (Fsp3) is 0.444. The maximum absolute atomic E-state index is 12.9. The Hall–Kier alpha value is -1.59. The highest BCUT2D eigenvalue weighted by molar-refractivity contribution is 7.89. The molecule has 0 saturated carbocycles. The van der Waals surface area contributed by atoms with E-state index in [0.29, 0.717) is 11.3 Å². The average molecular weight is 335 g/mol. The molecule has 0 aliphatic rings. The van der Waals surface area contributed by atoms with Gasteiger partial charge in [0.1, 0.15) is 0 Å². The number of benzene rings is 1. The van der Waals surface area contributed by atoms with E-state index in [1.165, 1.54) is 0 Å². The summed E-state index contributed by atoms with van der Waals surface area (Å²) < 4.78 is 33.6. The number of nitrogens with one attached hydrogen (secondary N) is 1. The van der Waals surface area contributed by atoms with Crippen molar-refractivity contribution in [1.82, 2.24) is 4.72 Å². The van der Waals surface area contributed by atoms with Crippen molar-refractivity contribution >= 4 is 10.0 Å². The summed E-state index contributed by atoms with van der Waals surface area (Å²) in [7, 11) is -3.57. The number of hydrogen-bond donors (Lipinski definition) is 1. The first kappa shape index (κ1) is 17.8. The van der Waals surface area contributed by atoms with Crippen LogP contribution in [0.15, 0.2) is 27.9 Å². The molecule has 0 fully saturated rings. The molecule has 1 N–H and O–H groups in total. The van der Waals surface area contributed by atoms with Crippen LogP contribution in [0.1, 0.15) is 40.3 Å². The van der Waals surface area contributed by atoms with Crippen LogP contribution in [-0.2, 0) is 16.4 Å². The van der Waals surface area contributed by atoms with Gasteiger partial charge < -0.3 is 4.42 Å². The lowest BCUT2D eigenvalue weighted by Crippen LogP contribution is -2.35. The van der Waals surface area contributed by atoms with Crippen LogP contribution < -0.4 is 4.72 Å². The molecule has 0 aliphatic heterocycles. The van der Waals surface area contributed by atoms with E-state index in [9.17, 15) is 8.42 Å². The molecule has 0 amide bonds. The summed E-state index contributed by atoms with van der Waals surface area (Å²) in [5, 5.41) is 0. The Labute approximate surface area is 139 Å². The largest absolute Gasteiger partial charge is 0.472 e. The van der Waals surface area contributed by atoms with Crippen molar-refractivity contribution in [3.05, 3.63) is 52.0 Å². The average Bonchev–Trinajstić information content (AvgIpc) is 2.94. The van der Waals surface area contributed by atoms with Crippen LogP contribution >= 0.6 is 0 Å². The molecule has 2 aromatic rings. The van der Waals surface area contributed by atoms with Gasteiger partial charge in [-0.05, 0) is 87.4 Å². The molecule has 1 aromatic carbocycles. The highest BCUT2D eigenvalue weighted by Crippen LogP contribution is 2.29. The molecule has 2 rings (SSSR count). The summed E-state index contributed by atoms with van der Waals surface area (Å²) in [6.07, 6.45) is 3.83. The molecule has 0 spiro atoms. The van der Waals surface area contributed by atoms with Crippen molar-refractivity contribution in [2.75, 3.05) is 0 Å². The van der Waals surface area contributed by atoms with Gasteiger partial charge >= 0.3 is 0 Å². The fourth-order valence-electron chi connectivity index (χ4n) is 3.00. The van der Waals surface area contributed by atoms with Gasteiger partial charge in [0.25, 0.3) is 0 Å². The van der Waals surface area contributed by atoms with Crippen LogP contribution in [0.5, 0.6) is 0 Å². The minimum absolute atomic E-state index is 0.210. The molecule has 1 aromatic heterocycles. The minimum Gasteiger partial charge on any atom is -0.472 e. The molecule has 23 heavy (non-hydrogen) atoms. The summed E-state index contributed by atoms with van der Waals surface area (Å²) in [6.45, 7) is 11.6. The van der Waals surface area contributed by atoms with Gasteiger partial charge in [-0.15, -0.1) is 0 Å². The second kappa shape index (κ2) is 6.49. The molecule has 0 bridgehead atoms. The molecular formula is C18H25NO3S. The third kappa shape index (κ3) is 3.51. The molecule has 0 saturated heterocycles. The van der Waals surface area contributed by atoms with Gasteiger partial charge in [-0.3, -0.25) is 0 Å². The number of furan rings is 1. The van der Waals surface area contributed by atoms with Crippen molar-refractivity contribution in [2.24, 2.45) is 0 Å². The third-order valence-electron chi connectivity index (χ3n) is 4.68. The first-order valence-electron chi connectivity index (χ1n) is 7.75. The minimum atomic E-state index is -3.57. The Morgan fingerprint density at radius 2 is 1.52 bits per heavy atom. The molecule has 1 atom stereocenters. The Balaban J connectivity index is 2.37. The lowest BCUT2D eigenvalue weighted by molar-refractivity contribution is 0.548. The summed E-state index contributed by atoms with van der Waals surface area (Å²) in [5.74, 6) is 0. The molecule has 0 radical (unpaired) electrons. The summed E-state index contributed by atoms with van der Waals surface area (Å²) in [6, 6.07) is 1.64. The molecule has 0 aliphatic carbocycles. The Bertz CT molecular complexity index is 776. The Morgan fingerprint density at radius 1 is 1.00 bits per heavy atom. The van der Waals surface area contributed by atoms with Gasteiger partial charge in [-0.25, -0.2) is 13.1 Å². The summed E-state index contributed by atoms with van der Waals surface area (Å²) in [5.41, 5.74) is 5.87. The van der Waals surface area contributed by atoms with Gasteiger partial charge in [-0.1, -0.05) is 0 Å². The monoisotopic (exact) mass is 335 g/mol. The lowest BCUT2D eigenvalue weighted by Gasteiger charge is -2.21. The first-order chi connectivity index (χ1) is 10.6.